The van der Waals surface area contributed by atoms with Crippen LogP contribution < -0.4 is 10.5 Å². The molecule has 1 rings (SSSR count). The fourth-order valence-electron chi connectivity index (χ4n) is 1.04. The third-order valence-corrected chi connectivity index (χ3v) is 3.40. The van der Waals surface area contributed by atoms with E-state index in [4.69, 9.17) is 5.73 Å². The summed E-state index contributed by atoms with van der Waals surface area (Å²) in [4.78, 5) is 0.174. The van der Waals surface area contributed by atoms with Gasteiger partial charge in [0.25, 0.3) is 0 Å². The molecule has 0 heterocycles. The standard InChI is InChI=1S/C10H14N2O2S/c1-3-6-12-15(13,14)9-5-4-8(2)10(11)7-9/h3-5,7,12H,1,6,11H2,2H3. The summed E-state index contributed by atoms with van der Waals surface area (Å²) in [6.45, 7) is 5.46. The van der Waals surface area contributed by atoms with Gasteiger partial charge in [0, 0.05) is 12.2 Å². The summed E-state index contributed by atoms with van der Waals surface area (Å²) < 4.78 is 25.7. The fraction of sp³-hybridized carbons (Fsp3) is 0.200. The van der Waals surface area contributed by atoms with Gasteiger partial charge in [0.15, 0.2) is 0 Å². The van der Waals surface area contributed by atoms with Crippen LogP contribution in [0.15, 0.2) is 35.7 Å². The maximum atomic E-state index is 11.6. The molecule has 5 heteroatoms. The van der Waals surface area contributed by atoms with Crippen LogP contribution in [-0.2, 0) is 10.0 Å². The van der Waals surface area contributed by atoms with Crippen LogP contribution in [0.25, 0.3) is 0 Å². The van der Waals surface area contributed by atoms with E-state index in [0.717, 1.165) is 5.56 Å². The average molecular weight is 226 g/mol. The van der Waals surface area contributed by atoms with E-state index in [-0.39, 0.29) is 11.4 Å². The van der Waals surface area contributed by atoms with E-state index in [2.05, 4.69) is 11.3 Å². The van der Waals surface area contributed by atoms with Crippen molar-refractivity contribution in [2.45, 2.75) is 11.8 Å². The minimum Gasteiger partial charge on any atom is -0.398 e. The number of nitrogen functional groups attached to an aromatic ring is 1. The lowest BCUT2D eigenvalue weighted by Gasteiger charge is -2.06. The van der Waals surface area contributed by atoms with Crippen LogP contribution in [0.2, 0.25) is 0 Å². The summed E-state index contributed by atoms with van der Waals surface area (Å²) in [5.74, 6) is 0. The van der Waals surface area contributed by atoms with Gasteiger partial charge < -0.3 is 5.73 Å². The van der Waals surface area contributed by atoms with Crippen molar-refractivity contribution in [3.8, 4) is 0 Å². The molecule has 1 aromatic rings. The lowest BCUT2D eigenvalue weighted by atomic mass is 10.2. The Morgan fingerprint density at radius 2 is 2.20 bits per heavy atom. The Morgan fingerprint density at radius 1 is 1.53 bits per heavy atom. The molecule has 0 aliphatic heterocycles. The van der Waals surface area contributed by atoms with Gasteiger partial charge in [-0.1, -0.05) is 12.1 Å². The largest absolute Gasteiger partial charge is 0.398 e. The highest BCUT2D eigenvalue weighted by atomic mass is 32.2. The molecule has 0 bridgehead atoms. The lowest BCUT2D eigenvalue weighted by Crippen LogP contribution is -2.23. The van der Waals surface area contributed by atoms with Crippen molar-refractivity contribution in [2.75, 3.05) is 12.3 Å². The number of hydrogen-bond donors (Lipinski definition) is 2. The Bertz CT molecular complexity index is 466. The predicted molar refractivity (Wildman–Crippen MR) is 61.0 cm³/mol. The highest BCUT2D eigenvalue weighted by molar-refractivity contribution is 7.89. The number of sulfonamides is 1. The molecule has 0 spiro atoms. The molecule has 0 saturated heterocycles. The summed E-state index contributed by atoms with van der Waals surface area (Å²) in [5.41, 5.74) is 6.96. The second-order valence-electron chi connectivity index (χ2n) is 3.16. The molecular weight excluding hydrogens is 212 g/mol. The van der Waals surface area contributed by atoms with Crippen LogP contribution in [0.1, 0.15) is 5.56 Å². The molecule has 3 N–H and O–H groups in total. The summed E-state index contributed by atoms with van der Waals surface area (Å²) in [7, 11) is -3.46. The Hall–Kier alpha value is -1.33. The number of anilines is 1. The Labute approximate surface area is 89.9 Å². The summed E-state index contributed by atoms with van der Waals surface area (Å²) in [6, 6.07) is 4.65. The van der Waals surface area contributed by atoms with Crippen molar-refractivity contribution in [1.29, 1.82) is 0 Å². The second-order valence-corrected chi connectivity index (χ2v) is 4.93. The fourth-order valence-corrected chi connectivity index (χ4v) is 2.07. The minimum absolute atomic E-state index is 0.174. The first-order valence-electron chi connectivity index (χ1n) is 4.44. The third-order valence-electron chi connectivity index (χ3n) is 1.98. The zero-order valence-corrected chi connectivity index (χ0v) is 9.34. The minimum atomic E-state index is -3.46. The monoisotopic (exact) mass is 226 g/mol. The van der Waals surface area contributed by atoms with Crippen molar-refractivity contribution in [2.24, 2.45) is 0 Å². The third kappa shape index (κ3) is 2.81. The summed E-state index contributed by atoms with van der Waals surface area (Å²) >= 11 is 0. The number of rotatable bonds is 4. The van der Waals surface area contributed by atoms with Gasteiger partial charge in [-0.15, -0.1) is 6.58 Å². The molecule has 0 atom stereocenters. The quantitative estimate of drug-likeness (QED) is 0.595. The zero-order chi connectivity index (χ0) is 11.5. The number of nitrogens with two attached hydrogens (primary N) is 1. The topological polar surface area (TPSA) is 72.2 Å². The average Bonchev–Trinajstić information content (AvgIpc) is 2.19. The molecule has 15 heavy (non-hydrogen) atoms. The molecule has 0 radical (unpaired) electrons. The van der Waals surface area contributed by atoms with Gasteiger partial charge in [0.2, 0.25) is 10.0 Å². The van der Waals surface area contributed by atoms with E-state index in [1.165, 1.54) is 18.2 Å². The van der Waals surface area contributed by atoms with E-state index in [0.29, 0.717) is 5.69 Å². The highest BCUT2D eigenvalue weighted by Crippen LogP contribution is 2.16. The van der Waals surface area contributed by atoms with E-state index in [1.54, 1.807) is 6.07 Å². The smallest absolute Gasteiger partial charge is 0.240 e. The first kappa shape index (κ1) is 11.7. The lowest BCUT2D eigenvalue weighted by molar-refractivity contribution is 0.585. The van der Waals surface area contributed by atoms with E-state index in [1.807, 2.05) is 6.92 Å². The van der Waals surface area contributed by atoms with Crippen LogP contribution in [0.3, 0.4) is 0 Å². The molecule has 0 aliphatic rings. The Morgan fingerprint density at radius 3 is 2.73 bits per heavy atom. The second kappa shape index (κ2) is 4.46. The maximum absolute atomic E-state index is 11.6. The van der Waals surface area contributed by atoms with Crippen LogP contribution in [0.4, 0.5) is 5.69 Å². The predicted octanol–water partition coefficient (Wildman–Crippen LogP) is 1.04. The Kier molecular flexibility index (Phi) is 3.49. The molecule has 0 aromatic heterocycles. The number of nitrogens with one attached hydrogen (secondary N) is 1. The van der Waals surface area contributed by atoms with E-state index < -0.39 is 10.0 Å². The number of aryl methyl sites for hydroxylation is 1. The molecular formula is C10H14N2O2S. The van der Waals surface area contributed by atoms with Crippen molar-refractivity contribution < 1.29 is 8.42 Å². The van der Waals surface area contributed by atoms with E-state index >= 15 is 0 Å². The SMILES string of the molecule is C=CCNS(=O)(=O)c1ccc(C)c(N)c1. The molecule has 0 unspecified atom stereocenters. The van der Waals surface area contributed by atoms with Crippen molar-refractivity contribution in [3.63, 3.8) is 0 Å². The Balaban J connectivity index is 3.05. The molecule has 1 aromatic carbocycles. The summed E-state index contributed by atoms with van der Waals surface area (Å²) in [6.07, 6.45) is 1.48. The van der Waals surface area contributed by atoms with E-state index in [9.17, 15) is 8.42 Å². The van der Waals surface area contributed by atoms with Crippen LogP contribution in [-0.4, -0.2) is 15.0 Å². The molecule has 0 amide bonds. The molecule has 82 valence electrons. The molecule has 0 fully saturated rings. The normalized spacial score (nSPS) is 11.3. The van der Waals surface area contributed by atoms with Crippen molar-refractivity contribution in [3.05, 3.63) is 36.4 Å². The highest BCUT2D eigenvalue weighted by Gasteiger charge is 2.13. The molecule has 0 saturated carbocycles. The van der Waals surface area contributed by atoms with Gasteiger partial charge in [0.05, 0.1) is 4.90 Å². The number of benzene rings is 1. The number of hydrogen-bond acceptors (Lipinski definition) is 3. The molecule has 0 aliphatic carbocycles. The van der Waals surface area contributed by atoms with Gasteiger partial charge in [-0.05, 0) is 24.6 Å². The first-order chi connectivity index (χ1) is 6.97. The molecule has 4 nitrogen and oxygen atoms in total. The van der Waals surface area contributed by atoms with Crippen LogP contribution in [0, 0.1) is 6.92 Å². The van der Waals surface area contributed by atoms with Gasteiger partial charge >= 0.3 is 0 Å². The van der Waals surface area contributed by atoms with Crippen LogP contribution >= 0.6 is 0 Å². The van der Waals surface area contributed by atoms with Gasteiger partial charge in [-0.25, -0.2) is 13.1 Å². The van der Waals surface area contributed by atoms with Gasteiger partial charge in [-0.2, -0.15) is 0 Å². The maximum Gasteiger partial charge on any atom is 0.240 e. The first-order valence-corrected chi connectivity index (χ1v) is 5.92. The van der Waals surface area contributed by atoms with Crippen molar-refractivity contribution >= 4 is 15.7 Å². The zero-order valence-electron chi connectivity index (χ0n) is 8.53. The van der Waals surface area contributed by atoms with Crippen molar-refractivity contribution in [1.82, 2.24) is 4.72 Å². The van der Waals surface area contributed by atoms with Gasteiger partial charge in [0.1, 0.15) is 0 Å². The summed E-state index contributed by atoms with van der Waals surface area (Å²) in [5, 5.41) is 0. The van der Waals surface area contributed by atoms with Gasteiger partial charge in [-0.3, -0.25) is 0 Å². The van der Waals surface area contributed by atoms with Crippen LogP contribution in [0.5, 0.6) is 0 Å².